The number of ether oxygens (including phenoxy) is 1. The smallest absolute Gasteiger partial charge is 0.416 e. The molecular weight excluding hydrogens is 323 g/mol. The van der Waals surface area contributed by atoms with Crippen LogP contribution in [0.5, 0.6) is 11.5 Å². The third-order valence-corrected chi connectivity index (χ3v) is 2.96. The Labute approximate surface area is 116 Å². The molecule has 0 radical (unpaired) electrons. The van der Waals surface area contributed by atoms with Gasteiger partial charge in [-0.1, -0.05) is 6.07 Å². The highest BCUT2D eigenvalue weighted by molar-refractivity contribution is 9.10. The van der Waals surface area contributed by atoms with Crippen molar-refractivity contribution in [2.24, 2.45) is 0 Å². The molecule has 0 aliphatic rings. The van der Waals surface area contributed by atoms with Crippen LogP contribution < -0.4 is 10.5 Å². The van der Waals surface area contributed by atoms with E-state index in [9.17, 15) is 13.2 Å². The van der Waals surface area contributed by atoms with Crippen molar-refractivity contribution >= 4 is 21.6 Å². The normalized spacial score (nSPS) is 11.4. The molecule has 100 valence electrons. The van der Waals surface area contributed by atoms with Gasteiger partial charge in [-0.3, -0.25) is 0 Å². The molecule has 2 rings (SSSR count). The molecule has 0 aromatic heterocycles. The molecule has 0 fully saturated rings. The molecule has 0 heterocycles. The first-order valence-electron chi connectivity index (χ1n) is 5.26. The summed E-state index contributed by atoms with van der Waals surface area (Å²) in [5, 5.41) is 0. The molecule has 19 heavy (non-hydrogen) atoms. The van der Waals surface area contributed by atoms with Crippen LogP contribution in [0.2, 0.25) is 0 Å². The second-order valence-corrected chi connectivity index (χ2v) is 4.67. The van der Waals surface area contributed by atoms with Crippen molar-refractivity contribution in [1.82, 2.24) is 0 Å². The zero-order valence-electron chi connectivity index (χ0n) is 9.54. The average molecular weight is 332 g/mol. The Kier molecular flexibility index (Phi) is 3.71. The molecule has 6 heteroatoms. The fourth-order valence-electron chi connectivity index (χ4n) is 1.46. The van der Waals surface area contributed by atoms with Gasteiger partial charge in [0.05, 0.1) is 10.0 Å². The minimum Gasteiger partial charge on any atom is -0.456 e. The zero-order chi connectivity index (χ0) is 14.0. The van der Waals surface area contributed by atoms with Gasteiger partial charge in [-0.15, -0.1) is 0 Å². The lowest BCUT2D eigenvalue weighted by atomic mass is 10.2. The highest BCUT2D eigenvalue weighted by Crippen LogP contribution is 2.36. The zero-order valence-corrected chi connectivity index (χ0v) is 11.1. The Morgan fingerprint density at radius 1 is 1.05 bits per heavy atom. The van der Waals surface area contributed by atoms with E-state index in [-0.39, 0.29) is 4.47 Å². The van der Waals surface area contributed by atoms with Crippen molar-refractivity contribution in [3.8, 4) is 11.5 Å². The maximum absolute atomic E-state index is 12.5. The van der Waals surface area contributed by atoms with Crippen molar-refractivity contribution < 1.29 is 17.9 Å². The Morgan fingerprint density at radius 2 is 1.79 bits per heavy atom. The lowest BCUT2D eigenvalue weighted by Gasteiger charge is -2.11. The van der Waals surface area contributed by atoms with Crippen LogP contribution in [0.25, 0.3) is 0 Å². The first-order valence-corrected chi connectivity index (χ1v) is 6.06. The highest BCUT2D eigenvalue weighted by atomic mass is 79.9. The standard InChI is InChI=1S/C13H9BrF3NO/c14-11-6-8(13(15,16)17)4-5-12(11)19-10-3-1-2-9(18)7-10/h1-7H,18H2. The predicted molar refractivity (Wildman–Crippen MR) is 70.1 cm³/mol. The minimum atomic E-state index is -4.38. The molecule has 0 atom stereocenters. The van der Waals surface area contributed by atoms with E-state index in [1.54, 1.807) is 24.3 Å². The summed E-state index contributed by atoms with van der Waals surface area (Å²) in [7, 11) is 0. The Bertz CT molecular complexity index is 599. The predicted octanol–water partition coefficient (Wildman–Crippen LogP) is 4.84. The molecule has 0 saturated carbocycles. The third-order valence-electron chi connectivity index (χ3n) is 2.35. The van der Waals surface area contributed by atoms with Gasteiger partial charge in [0.15, 0.2) is 0 Å². The van der Waals surface area contributed by atoms with Crippen LogP contribution in [-0.4, -0.2) is 0 Å². The molecular formula is C13H9BrF3NO. The van der Waals surface area contributed by atoms with E-state index >= 15 is 0 Å². The highest BCUT2D eigenvalue weighted by Gasteiger charge is 2.30. The summed E-state index contributed by atoms with van der Waals surface area (Å²) in [5.74, 6) is 0.749. The first-order chi connectivity index (χ1) is 8.86. The van der Waals surface area contributed by atoms with Gasteiger partial charge >= 0.3 is 6.18 Å². The number of hydrogen-bond donors (Lipinski definition) is 1. The lowest BCUT2D eigenvalue weighted by Crippen LogP contribution is -2.04. The average Bonchev–Trinajstić information content (AvgIpc) is 2.30. The van der Waals surface area contributed by atoms with Gasteiger partial charge < -0.3 is 10.5 Å². The number of hydrogen-bond acceptors (Lipinski definition) is 2. The second kappa shape index (κ2) is 5.13. The number of rotatable bonds is 2. The van der Waals surface area contributed by atoms with E-state index in [1.165, 1.54) is 6.07 Å². The van der Waals surface area contributed by atoms with Crippen LogP contribution in [0.3, 0.4) is 0 Å². The number of benzene rings is 2. The SMILES string of the molecule is Nc1cccc(Oc2ccc(C(F)(F)F)cc2Br)c1. The van der Waals surface area contributed by atoms with Crippen LogP contribution in [0.4, 0.5) is 18.9 Å². The monoisotopic (exact) mass is 331 g/mol. The van der Waals surface area contributed by atoms with Crippen molar-refractivity contribution in [3.63, 3.8) is 0 Å². The summed E-state index contributed by atoms with van der Waals surface area (Å²) in [6.07, 6.45) is -4.38. The largest absolute Gasteiger partial charge is 0.456 e. The Hall–Kier alpha value is -1.69. The van der Waals surface area contributed by atoms with Gasteiger partial charge in [0.1, 0.15) is 11.5 Å². The summed E-state index contributed by atoms with van der Waals surface area (Å²) in [6.45, 7) is 0. The number of alkyl halides is 3. The molecule has 0 aliphatic heterocycles. The Balaban J connectivity index is 2.27. The third kappa shape index (κ3) is 3.41. The van der Waals surface area contributed by atoms with Crippen LogP contribution in [-0.2, 0) is 6.18 Å². The van der Waals surface area contributed by atoms with Crippen molar-refractivity contribution in [2.75, 3.05) is 5.73 Å². The van der Waals surface area contributed by atoms with Crippen molar-refractivity contribution in [1.29, 1.82) is 0 Å². The maximum Gasteiger partial charge on any atom is 0.416 e. The van der Waals surface area contributed by atoms with E-state index in [2.05, 4.69) is 15.9 Å². The van der Waals surface area contributed by atoms with Gasteiger partial charge in [0.2, 0.25) is 0 Å². The fourth-order valence-corrected chi connectivity index (χ4v) is 1.92. The maximum atomic E-state index is 12.5. The molecule has 2 aromatic carbocycles. The van der Waals surface area contributed by atoms with Crippen LogP contribution >= 0.6 is 15.9 Å². The van der Waals surface area contributed by atoms with E-state index < -0.39 is 11.7 Å². The van der Waals surface area contributed by atoms with E-state index in [1.807, 2.05) is 0 Å². The molecule has 0 aliphatic carbocycles. The molecule has 2 nitrogen and oxygen atoms in total. The summed E-state index contributed by atoms with van der Waals surface area (Å²) < 4.78 is 43.2. The molecule has 0 spiro atoms. The summed E-state index contributed by atoms with van der Waals surface area (Å²) >= 11 is 3.06. The number of nitrogen functional groups attached to an aromatic ring is 1. The molecule has 0 bridgehead atoms. The van der Waals surface area contributed by atoms with Crippen LogP contribution in [0, 0.1) is 0 Å². The Morgan fingerprint density at radius 3 is 2.37 bits per heavy atom. The van der Waals surface area contributed by atoms with E-state index in [4.69, 9.17) is 10.5 Å². The minimum absolute atomic E-state index is 0.227. The summed E-state index contributed by atoms with van der Waals surface area (Å²) in [5.41, 5.74) is 5.37. The van der Waals surface area contributed by atoms with Gasteiger partial charge in [0.25, 0.3) is 0 Å². The first kappa shape index (κ1) is 13.7. The van der Waals surface area contributed by atoms with Gasteiger partial charge in [-0.25, -0.2) is 0 Å². The fraction of sp³-hybridized carbons (Fsp3) is 0.0769. The molecule has 0 saturated heterocycles. The van der Waals surface area contributed by atoms with E-state index in [0.29, 0.717) is 17.2 Å². The van der Waals surface area contributed by atoms with Gasteiger partial charge in [-0.05, 0) is 46.3 Å². The topological polar surface area (TPSA) is 35.2 Å². The number of anilines is 1. The van der Waals surface area contributed by atoms with Crippen LogP contribution in [0.15, 0.2) is 46.9 Å². The number of halogens is 4. The molecule has 2 N–H and O–H groups in total. The lowest BCUT2D eigenvalue weighted by molar-refractivity contribution is -0.137. The second-order valence-electron chi connectivity index (χ2n) is 3.82. The summed E-state index contributed by atoms with van der Waals surface area (Å²) in [4.78, 5) is 0. The quantitative estimate of drug-likeness (QED) is 0.799. The van der Waals surface area contributed by atoms with Gasteiger partial charge in [0, 0.05) is 11.8 Å². The summed E-state index contributed by atoms with van der Waals surface area (Å²) in [6, 6.07) is 9.84. The van der Waals surface area contributed by atoms with Crippen molar-refractivity contribution in [3.05, 3.63) is 52.5 Å². The molecule has 0 unspecified atom stereocenters. The van der Waals surface area contributed by atoms with Crippen LogP contribution in [0.1, 0.15) is 5.56 Å². The van der Waals surface area contributed by atoms with Gasteiger partial charge in [-0.2, -0.15) is 13.2 Å². The van der Waals surface area contributed by atoms with Crippen molar-refractivity contribution in [2.45, 2.75) is 6.18 Å². The number of nitrogens with two attached hydrogens (primary N) is 1. The molecule has 2 aromatic rings. The van der Waals surface area contributed by atoms with E-state index in [0.717, 1.165) is 12.1 Å². The molecule has 0 amide bonds.